The van der Waals surface area contributed by atoms with Gasteiger partial charge >= 0.3 is 0 Å². The molecule has 1 atom stereocenters. The van der Waals surface area contributed by atoms with Gasteiger partial charge in [-0.1, -0.05) is 0 Å². The van der Waals surface area contributed by atoms with E-state index in [4.69, 9.17) is 11.6 Å². The van der Waals surface area contributed by atoms with Gasteiger partial charge in [-0.3, -0.25) is 9.59 Å². The molecular formula is C13H17ClN2O2. The number of Topliss-reactive ketones (excluding diaryl/α,β-unsaturated/α-hetero) is 1. The van der Waals surface area contributed by atoms with Crippen LogP contribution >= 0.6 is 11.6 Å². The van der Waals surface area contributed by atoms with Gasteiger partial charge in [-0.05, 0) is 26.3 Å². The summed E-state index contributed by atoms with van der Waals surface area (Å²) in [6.07, 6.45) is 0.792. The normalized spacial score (nSPS) is 19.7. The summed E-state index contributed by atoms with van der Waals surface area (Å²) in [5.41, 5.74) is 2.41. The Balaban J connectivity index is 2.43. The maximum atomic E-state index is 12.1. The molecule has 2 heterocycles. The second-order valence-electron chi connectivity index (χ2n) is 4.78. The van der Waals surface area contributed by atoms with Crippen LogP contribution in [0.15, 0.2) is 6.07 Å². The molecule has 0 aliphatic carbocycles. The summed E-state index contributed by atoms with van der Waals surface area (Å²) in [5, 5.41) is 0. The highest BCUT2D eigenvalue weighted by Gasteiger charge is 2.32. The summed E-state index contributed by atoms with van der Waals surface area (Å²) in [6, 6.07) is 1.65. The predicted molar refractivity (Wildman–Crippen MR) is 70.2 cm³/mol. The molecule has 1 saturated heterocycles. The lowest BCUT2D eigenvalue weighted by Gasteiger charge is -2.16. The molecule has 0 N–H and O–H groups in total. The van der Waals surface area contributed by atoms with E-state index in [1.54, 1.807) is 11.9 Å². The van der Waals surface area contributed by atoms with Crippen molar-refractivity contribution in [2.45, 2.75) is 26.3 Å². The number of likely N-dealkylation sites (N-methyl/N-ethyl adjacent to an activating group) is 1. The third kappa shape index (κ3) is 1.94. The predicted octanol–water partition coefficient (Wildman–Crippen LogP) is 1.93. The summed E-state index contributed by atoms with van der Waals surface area (Å²) < 4.78 is 1.96. The molecule has 1 amide bonds. The minimum atomic E-state index is -0.174. The van der Waals surface area contributed by atoms with Crippen LogP contribution in [0.2, 0.25) is 0 Å². The molecule has 0 spiro atoms. The Bertz CT molecular complexity index is 507. The number of amides is 1. The van der Waals surface area contributed by atoms with Gasteiger partial charge in [-0.2, -0.15) is 0 Å². The van der Waals surface area contributed by atoms with E-state index in [9.17, 15) is 9.59 Å². The zero-order chi connectivity index (χ0) is 13.4. The average molecular weight is 269 g/mol. The fourth-order valence-corrected chi connectivity index (χ4v) is 2.80. The number of carbonyl (C=O) groups excluding carboxylic acids is 2. The largest absolute Gasteiger partial charge is 0.344 e. The number of halogens is 1. The summed E-state index contributed by atoms with van der Waals surface area (Å²) in [7, 11) is 1.81. The van der Waals surface area contributed by atoms with E-state index in [0.29, 0.717) is 5.56 Å². The van der Waals surface area contributed by atoms with Crippen LogP contribution in [-0.2, 0) is 4.79 Å². The highest BCUT2D eigenvalue weighted by molar-refractivity contribution is 6.30. The molecule has 5 heteroatoms. The van der Waals surface area contributed by atoms with Crippen molar-refractivity contribution in [1.82, 2.24) is 9.47 Å². The number of hydrogen-bond acceptors (Lipinski definition) is 2. The number of carbonyl (C=O) groups is 2. The van der Waals surface area contributed by atoms with Gasteiger partial charge in [0.1, 0.15) is 6.04 Å². The second-order valence-corrected chi connectivity index (χ2v) is 5.04. The zero-order valence-corrected chi connectivity index (χ0v) is 11.6. The number of aromatic nitrogens is 1. The molecule has 1 unspecified atom stereocenters. The van der Waals surface area contributed by atoms with Crippen molar-refractivity contribution >= 4 is 23.3 Å². The second kappa shape index (κ2) is 4.76. The van der Waals surface area contributed by atoms with Crippen LogP contribution in [0.4, 0.5) is 0 Å². The molecule has 2 rings (SSSR count). The SMILES string of the molecule is Cc1cc(C(=O)CCl)c(C)n1C1CCN(C)C1=O. The summed E-state index contributed by atoms with van der Waals surface area (Å²) in [4.78, 5) is 25.5. The topological polar surface area (TPSA) is 42.3 Å². The van der Waals surface area contributed by atoms with E-state index in [1.807, 2.05) is 24.5 Å². The third-order valence-electron chi connectivity index (χ3n) is 3.62. The van der Waals surface area contributed by atoms with Crippen molar-refractivity contribution in [3.63, 3.8) is 0 Å². The Hall–Kier alpha value is -1.29. The first kappa shape index (κ1) is 13.1. The molecule has 0 bridgehead atoms. The van der Waals surface area contributed by atoms with Gasteiger partial charge in [0, 0.05) is 30.5 Å². The van der Waals surface area contributed by atoms with Gasteiger partial charge in [-0.15, -0.1) is 11.6 Å². The molecule has 0 aromatic carbocycles. The number of rotatable bonds is 3. The van der Waals surface area contributed by atoms with Crippen molar-refractivity contribution < 1.29 is 9.59 Å². The van der Waals surface area contributed by atoms with E-state index in [1.165, 1.54) is 0 Å². The smallest absolute Gasteiger partial charge is 0.245 e. The Kier molecular flexibility index (Phi) is 3.48. The molecule has 1 aliphatic heterocycles. The first-order valence-electron chi connectivity index (χ1n) is 6.00. The van der Waals surface area contributed by atoms with Crippen molar-refractivity contribution in [2.24, 2.45) is 0 Å². The third-order valence-corrected chi connectivity index (χ3v) is 3.86. The molecule has 1 aromatic heterocycles. The summed E-state index contributed by atoms with van der Waals surface area (Å²) in [5.74, 6) is -0.000463. The number of aryl methyl sites for hydroxylation is 1. The molecule has 98 valence electrons. The molecule has 18 heavy (non-hydrogen) atoms. The van der Waals surface area contributed by atoms with E-state index >= 15 is 0 Å². The minimum absolute atomic E-state index is 0.0250. The van der Waals surface area contributed by atoms with Crippen LogP contribution in [-0.4, -0.2) is 40.6 Å². The number of hydrogen-bond donors (Lipinski definition) is 0. The Morgan fingerprint density at radius 1 is 1.50 bits per heavy atom. The van der Waals surface area contributed by atoms with Gasteiger partial charge < -0.3 is 9.47 Å². The molecule has 1 aliphatic rings. The Morgan fingerprint density at radius 2 is 2.17 bits per heavy atom. The van der Waals surface area contributed by atoms with Gasteiger partial charge in [-0.25, -0.2) is 0 Å². The molecule has 1 aromatic rings. The summed E-state index contributed by atoms with van der Waals surface area (Å²) >= 11 is 5.60. The van der Waals surface area contributed by atoms with Crippen LogP contribution in [0, 0.1) is 13.8 Å². The fraction of sp³-hybridized carbons (Fsp3) is 0.538. The maximum Gasteiger partial charge on any atom is 0.245 e. The zero-order valence-electron chi connectivity index (χ0n) is 10.9. The number of alkyl halides is 1. The van der Waals surface area contributed by atoms with Crippen molar-refractivity contribution in [1.29, 1.82) is 0 Å². The van der Waals surface area contributed by atoms with Crippen LogP contribution in [0.25, 0.3) is 0 Å². The lowest BCUT2D eigenvalue weighted by atomic mass is 10.2. The van der Waals surface area contributed by atoms with Crippen LogP contribution in [0.5, 0.6) is 0 Å². The first-order valence-corrected chi connectivity index (χ1v) is 6.53. The molecule has 0 saturated carbocycles. The number of likely N-dealkylation sites (tertiary alicyclic amines) is 1. The van der Waals surface area contributed by atoms with Crippen LogP contribution in [0.3, 0.4) is 0 Å². The first-order chi connectivity index (χ1) is 8.47. The number of ketones is 1. The highest BCUT2D eigenvalue weighted by Crippen LogP contribution is 2.28. The Labute approximate surface area is 112 Å². The van der Waals surface area contributed by atoms with E-state index < -0.39 is 0 Å². The van der Waals surface area contributed by atoms with Crippen molar-refractivity contribution in [2.75, 3.05) is 19.5 Å². The van der Waals surface area contributed by atoms with E-state index in [-0.39, 0.29) is 23.6 Å². The van der Waals surface area contributed by atoms with Gasteiger partial charge in [0.05, 0.1) is 5.88 Å². The standard InChI is InChI=1S/C13H17ClN2O2/c1-8-6-10(12(17)7-14)9(2)16(8)11-4-5-15(3)13(11)18/h6,11H,4-5,7H2,1-3H3. The quantitative estimate of drug-likeness (QED) is 0.621. The van der Waals surface area contributed by atoms with Crippen molar-refractivity contribution in [3.8, 4) is 0 Å². The monoisotopic (exact) mass is 268 g/mol. The van der Waals surface area contributed by atoms with Crippen molar-refractivity contribution in [3.05, 3.63) is 23.0 Å². The van der Waals surface area contributed by atoms with E-state index in [0.717, 1.165) is 24.4 Å². The number of nitrogens with zero attached hydrogens (tertiary/aromatic N) is 2. The fourth-order valence-electron chi connectivity index (χ4n) is 2.65. The lowest BCUT2D eigenvalue weighted by molar-refractivity contribution is -0.129. The lowest BCUT2D eigenvalue weighted by Crippen LogP contribution is -2.25. The summed E-state index contributed by atoms with van der Waals surface area (Å²) in [6.45, 7) is 4.56. The molecular weight excluding hydrogens is 252 g/mol. The van der Waals surface area contributed by atoms with Crippen LogP contribution < -0.4 is 0 Å². The Morgan fingerprint density at radius 3 is 2.67 bits per heavy atom. The molecule has 4 nitrogen and oxygen atoms in total. The van der Waals surface area contributed by atoms with Gasteiger partial charge in [0.2, 0.25) is 5.91 Å². The van der Waals surface area contributed by atoms with E-state index in [2.05, 4.69) is 0 Å². The minimum Gasteiger partial charge on any atom is -0.344 e. The van der Waals surface area contributed by atoms with Gasteiger partial charge in [0.15, 0.2) is 5.78 Å². The van der Waals surface area contributed by atoms with Gasteiger partial charge in [0.25, 0.3) is 0 Å². The molecule has 0 radical (unpaired) electrons. The van der Waals surface area contributed by atoms with Crippen LogP contribution in [0.1, 0.15) is 34.2 Å². The maximum absolute atomic E-state index is 12.1. The average Bonchev–Trinajstić information content (AvgIpc) is 2.81. The highest BCUT2D eigenvalue weighted by atomic mass is 35.5. The molecule has 1 fully saturated rings.